The number of anilines is 1. The zero-order chi connectivity index (χ0) is 16.7. The second kappa shape index (κ2) is 8.45. The molecule has 2 N–H and O–H groups in total. The van der Waals surface area contributed by atoms with Gasteiger partial charge in [-0.25, -0.2) is 4.79 Å². The fourth-order valence-corrected chi connectivity index (χ4v) is 3.40. The Morgan fingerprint density at radius 1 is 1.39 bits per heavy atom. The standard InChI is InChI=1S/C17H26N2O3S/c1-17(2,3)22-16(20)19-13-5-4-6-15(11-13)21-9-8-18-14-7-10-23-12-14/h4-6,11,14,18H,7-10,12H2,1-3H3,(H,19,20). The Morgan fingerprint density at radius 2 is 2.22 bits per heavy atom. The molecule has 0 radical (unpaired) electrons. The molecule has 1 aliphatic rings. The molecule has 0 aromatic heterocycles. The van der Waals surface area contributed by atoms with Gasteiger partial charge in [0.2, 0.25) is 0 Å². The second-order valence-electron chi connectivity index (χ2n) is 6.52. The topological polar surface area (TPSA) is 59.6 Å². The van der Waals surface area contributed by atoms with E-state index in [1.807, 2.05) is 50.7 Å². The van der Waals surface area contributed by atoms with E-state index in [1.54, 1.807) is 6.07 Å². The van der Waals surface area contributed by atoms with Gasteiger partial charge >= 0.3 is 6.09 Å². The first kappa shape index (κ1) is 17.9. The molecule has 1 unspecified atom stereocenters. The van der Waals surface area contributed by atoms with Gasteiger partial charge in [0.05, 0.1) is 0 Å². The summed E-state index contributed by atoms with van der Waals surface area (Å²) in [4.78, 5) is 11.8. The van der Waals surface area contributed by atoms with Gasteiger partial charge in [-0.05, 0) is 45.1 Å². The predicted octanol–water partition coefficient (Wildman–Crippen LogP) is 3.51. The summed E-state index contributed by atoms with van der Waals surface area (Å²) in [6.07, 6.45) is 0.773. The monoisotopic (exact) mass is 338 g/mol. The van der Waals surface area contributed by atoms with E-state index in [4.69, 9.17) is 9.47 Å². The third-order valence-corrected chi connectivity index (χ3v) is 4.38. The van der Waals surface area contributed by atoms with Crippen LogP contribution >= 0.6 is 11.8 Å². The van der Waals surface area contributed by atoms with E-state index in [0.29, 0.717) is 18.3 Å². The van der Waals surface area contributed by atoms with Crippen molar-refractivity contribution in [3.63, 3.8) is 0 Å². The molecule has 1 aromatic rings. The van der Waals surface area contributed by atoms with Gasteiger partial charge in [-0.1, -0.05) is 6.07 Å². The van der Waals surface area contributed by atoms with Crippen LogP contribution in [0.5, 0.6) is 5.75 Å². The van der Waals surface area contributed by atoms with Gasteiger partial charge in [0.25, 0.3) is 0 Å². The Kier molecular flexibility index (Phi) is 6.59. The third-order valence-electron chi connectivity index (χ3n) is 3.21. The molecular weight excluding hydrogens is 312 g/mol. The number of benzene rings is 1. The summed E-state index contributed by atoms with van der Waals surface area (Å²) in [6.45, 7) is 6.94. The molecule has 6 heteroatoms. The van der Waals surface area contributed by atoms with Crippen LogP contribution in [0.15, 0.2) is 24.3 Å². The zero-order valence-electron chi connectivity index (χ0n) is 14.1. The summed E-state index contributed by atoms with van der Waals surface area (Å²) in [5.41, 5.74) is 0.152. The molecule has 2 rings (SSSR count). The second-order valence-corrected chi connectivity index (χ2v) is 7.67. The lowest BCUT2D eigenvalue weighted by atomic mass is 10.2. The van der Waals surface area contributed by atoms with Gasteiger partial charge in [-0.15, -0.1) is 0 Å². The van der Waals surface area contributed by atoms with E-state index in [9.17, 15) is 4.79 Å². The van der Waals surface area contributed by atoms with Crippen LogP contribution in [0.25, 0.3) is 0 Å². The number of ether oxygens (including phenoxy) is 2. The smallest absolute Gasteiger partial charge is 0.412 e. The molecule has 1 aliphatic heterocycles. The molecule has 0 saturated carbocycles. The number of carbonyl (C=O) groups excluding carboxylic acids is 1. The molecule has 1 aromatic carbocycles. The lowest BCUT2D eigenvalue weighted by molar-refractivity contribution is 0.0636. The maximum atomic E-state index is 11.8. The summed E-state index contributed by atoms with van der Waals surface area (Å²) in [6, 6.07) is 7.96. The number of amides is 1. The molecule has 1 saturated heterocycles. The maximum absolute atomic E-state index is 11.8. The first-order chi connectivity index (χ1) is 10.9. The SMILES string of the molecule is CC(C)(C)OC(=O)Nc1cccc(OCCNC2CCSC2)c1. The summed E-state index contributed by atoms with van der Waals surface area (Å²) >= 11 is 1.99. The molecule has 1 fully saturated rings. The van der Waals surface area contributed by atoms with Crippen LogP contribution in [-0.2, 0) is 4.74 Å². The fourth-order valence-electron chi connectivity index (χ4n) is 2.21. The lowest BCUT2D eigenvalue weighted by Gasteiger charge is -2.19. The average molecular weight is 338 g/mol. The Balaban J connectivity index is 1.74. The first-order valence-electron chi connectivity index (χ1n) is 7.96. The number of hydrogen-bond donors (Lipinski definition) is 2. The Bertz CT molecular complexity index is 511. The maximum Gasteiger partial charge on any atom is 0.412 e. The van der Waals surface area contributed by atoms with Gasteiger partial charge < -0.3 is 14.8 Å². The summed E-state index contributed by atoms with van der Waals surface area (Å²) in [7, 11) is 0. The summed E-state index contributed by atoms with van der Waals surface area (Å²) in [5, 5.41) is 6.20. The number of rotatable bonds is 6. The number of thioether (sulfide) groups is 1. The van der Waals surface area contributed by atoms with E-state index in [0.717, 1.165) is 12.3 Å². The van der Waals surface area contributed by atoms with Crippen LogP contribution in [0.3, 0.4) is 0 Å². The van der Waals surface area contributed by atoms with E-state index in [1.165, 1.54) is 17.9 Å². The van der Waals surface area contributed by atoms with Gasteiger partial charge in [0.1, 0.15) is 18.0 Å². The van der Waals surface area contributed by atoms with Crippen molar-refractivity contribution < 1.29 is 14.3 Å². The zero-order valence-corrected chi connectivity index (χ0v) is 14.9. The van der Waals surface area contributed by atoms with Crippen molar-refractivity contribution in [2.75, 3.05) is 30.0 Å². The quantitative estimate of drug-likeness (QED) is 0.777. The summed E-state index contributed by atoms with van der Waals surface area (Å²) < 4.78 is 11.0. The Hall–Kier alpha value is -1.40. The average Bonchev–Trinajstić information content (AvgIpc) is 2.95. The van der Waals surface area contributed by atoms with Crippen LogP contribution in [0, 0.1) is 0 Å². The molecule has 0 bridgehead atoms. The third kappa shape index (κ3) is 7.14. The van der Waals surface area contributed by atoms with Crippen LogP contribution in [0.2, 0.25) is 0 Å². The van der Waals surface area contributed by atoms with Crippen LogP contribution in [-0.4, -0.2) is 42.4 Å². The molecule has 0 aliphatic carbocycles. The van der Waals surface area contributed by atoms with Crippen LogP contribution < -0.4 is 15.4 Å². The van der Waals surface area contributed by atoms with Gasteiger partial charge in [-0.2, -0.15) is 11.8 Å². The Labute approximate surface area is 142 Å². The van der Waals surface area contributed by atoms with Gasteiger partial charge in [0.15, 0.2) is 0 Å². The number of hydrogen-bond acceptors (Lipinski definition) is 5. The molecule has 1 heterocycles. The van der Waals surface area contributed by atoms with Crippen LogP contribution in [0.1, 0.15) is 27.2 Å². The van der Waals surface area contributed by atoms with Crippen molar-refractivity contribution in [2.45, 2.75) is 38.8 Å². The van der Waals surface area contributed by atoms with E-state index in [-0.39, 0.29) is 0 Å². The minimum atomic E-state index is -0.512. The molecule has 23 heavy (non-hydrogen) atoms. The first-order valence-corrected chi connectivity index (χ1v) is 9.12. The number of nitrogens with one attached hydrogen (secondary N) is 2. The summed E-state index contributed by atoms with van der Waals surface area (Å²) in [5.74, 6) is 3.17. The van der Waals surface area contributed by atoms with Crippen molar-refractivity contribution in [3.05, 3.63) is 24.3 Å². The number of carbonyl (C=O) groups is 1. The highest BCUT2D eigenvalue weighted by molar-refractivity contribution is 7.99. The normalized spacial score (nSPS) is 17.8. The van der Waals surface area contributed by atoms with Crippen LogP contribution in [0.4, 0.5) is 10.5 Å². The lowest BCUT2D eigenvalue weighted by Crippen LogP contribution is -2.32. The van der Waals surface area contributed by atoms with Gasteiger partial charge in [0, 0.05) is 30.1 Å². The van der Waals surface area contributed by atoms with Crippen molar-refractivity contribution >= 4 is 23.5 Å². The van der Waals surface area contributed by atoms with Crippen molar-refractivity contribution in [1.29, 1.82) is 0 Å². The highest BCUT2D eigenvalue weighted by atomic mass is 32.2. The molecule has 1 amide bonds. The molecule has 128 valence electrons. The largest absolute Gasteiger partial charge is 0.492 e. The highest BCUT2D eigenvalue weighted by Crippen LogP contribution is 2.19. The minimum absolute atomic E-state index is 0.463. The van der Waals surface area contributed by atoms with Crippen molar-refractivity contribution in [2.24, 2.45) is 0 Å². The highest BCUT2D eigenvalue weighted by Gasteiger charge is 2.16. The molecule has 1 atom stereocenters. The van der Waals surface area contributed by atoms with E-state index in [2.05, 4.69) is 10.6 Å². The molecular formula is C17H26N2O3S. The van der Waals surface area contributed by atoms with Crippen molar-refractivity contribution in [3.8, 4) is 5.75 Å². The molecule has 5 nitrogen and oxygen atoms in total. The fraction of sp³-hybridized carbons (Fsp3) is 0.588. The van der Waals surface area contributed by atoms with Crippen molar-refractivity contribution in [1.82, 2.24) is 5.32 Å². The molecule has 0 spiro atoms. The Morgan fingerprint density at radius 3 is 2.91 bits per heavy atom. The predicted molar refractivity (Wildman–Crippen MR) is 95.5 cm³/mol. The van der Waals surface area contributed by atoms with E-state index < -0.39 is 11.7 Å². The minimum Gasteiger partial charge on any atom is -0.492 e. The van der Waals surface area contributed by atoms with Gasteiger partial charge in [-0.3, -0.25) is 5.32 Å². The van der Waals surface area contributed by atoms with E-state index >= 15 is 0 Å².